The molecule has 11 rings (SSSR count). The van der Waals surface area contributed by atoms with Crippen molar-refractivity contribution in [3.63, 3.8) is 0 Å². The lowest BCUT2D eigenvalue weighted by molar-refractivity contribution is 0.661. The van der Waals surface area contributed by atoms with Gasteiger partial charge < -0.3 is 4.42 Å². The van der Waals surface area contributed by atoms with E-state index < -0.39 is 0 Å². The Kier molecular flexibility index (Phi) is 7.20. The molecular formula is C53H36N2O. The first-order chi connectivity index (χ1) is 27.5. The highest BCUT2D eigenvalue weighted by atomic mass is 16.3. The zero-order valence-electron chi connectivity index (χ0n) is 31.1. The molecule has 3 heteroatoms. The maximum Gasteiger partial charge on any atom is 0.160 e. The smallest absolute Gasteiger partial charge is 0.160 e. The van der Waals surface area contributed by atoms with Gasteiger partial charge in [0.1, 0.15) is 11.2 Å². The molecule has 0 aliphatic heterocycles. The topological polar surface area (TPSA) is 38.9 Å². The molecule has 2 heterocycles. The first-order valence-corrected chi connectivity index (χ1v) is 19.2. The predicted octanol–water partition coefficient (Wildman–Crippen LogP) is 14.2. The maximum absolute atomic E-state index is 6.26. The Morgan fingerprint density at radius 3 is 1.84 bits per heavy atom. The molecule has 0 atom stereocenters. The van der Waals surface area contributed by atoms with Crippen molar-refractivity contribution in [2.45, 2.75) is 19.3 Å². The molecule has 0 spiro atoms. The van der Waals surface area contributed by atoms with E-state index in [0.29, 0.717) is 5.82 Å². The van der Waals surface area contributed by atoms with Crippen molar-refractivity contribution in [1.82, 2.24) is 9.97 Å². The van der Waals surface area contributed by atoms with Gasteiger partial charge in [-0.3, -0.25) is 0 Å². The molecule has 56 heavy (non-hydrogen) atoms. The molecule has 10 aromatic rings. The Balaban J connectivity index is 1.03. The number of fused-ring (bicyclic) bond motifs is 7. The quantitative estimate of drug-likeness (QED) is 0.178. The molecule has 0 bridgehead atoms. The Morgan fingerprint density at radius 2 is 1.02 bits per heavy atom. The van der Waals surface area contributed by atoms with Crippen LogP contribution in [-0.4, -0.2) is 9.97 Å². The van der Waals surface area contributed by atoms with Crippen molar-refractivity contribution in [2.24, 2.45) is 0 Å². The largest absolute Gasteiger partial charge is 0.456 e. The van der Waals surface area contributed by atoms with Gasteiger partial charge in [-0.1, -0.05) is 159 Å². The Morgan fingerprint density at radius 1 is 0.393 bits per heavy atom. The minimum absolute atomic E-state index is 0.146. The molecule has 0 unspecified atom stereocenters. The zero-order valence-corrected chi connectivity index (χ0v) is 31.1. The van der Waals surface area contributed by atoms with Gasteiger partial charge in [-0.15, -0.1) is 0 Å². The van der Waals surface area contributed by atoms with E-state index in [4.69, 9.17) is 14.4 Å². The van der Waals surface area contributed by atoms with Crippen molar-refractivity contribution >= 4 is 32.7 Å². The van der Waals surface area contributed by atoms with Crippen LogP contribution in [0.5, 0.6) is 0 Å². The van der Waals surface area contributed by atoms with Gasteiger partial charge in [0, 0.05) is 32.9 Å². The third-order valence-corrected chi connectivity index (χ3v) is 11.7. The summed E-state index contributed by atoms with van der Waals surface area (Å²) >= 11 is 0. The van der Waals surface area contributed by atoms with E-state index >= 15 is 0 Å². The SMILES string of the molecule is CC1(C)c2cc3ccccc3cc2-c2c(-c3cc(-c4ccc(-c5ccccc5-c5ccc6c(c5)oc5ccccc56)cc4)nc(-c4ccccc4)n3)cccc21. The second kappa shape index (κ2) is 12.5. The van der Waals surface area contributed by atoms with Gasteiger partial charge in [0.15, 0.2) is 5.82 Å². The molecule has 1 aliphatic carbocycles. The molecule has 0 saturated carbocycles. The Bertz CT molecular complexity index is 3150. The van der Waals surface area contributed by atoms with Crippen LogP contribution in [0.25, 0.3) is 100.0 Å². The standard InChI is InChI=1S/C53H36N2O/c1-53(2)45-21-12-20-43(51(45)44-29-36-15-6-7-16-37(36)30-46(44)53)48-32-47(54-52(55-48)35-13-4-3-5-14-35)34-25-23-33(24-26-34)39-17-8-9-18-40(39)38-27-28-42-41-19-10-11-22-49(41)56-50(42)31-38/h3-32H,1-2H3. The lowest BCUT2D eigenvalue weighted by Crippen LogP contribution is -2.14. The number of rotatable bonds is 5. The lowest BCUT2D eigenvalue weighted by atomic mass is 9.81. The third kappa shape index (κ3) is 5.12. The van der Waals surface area contributed by atoms with Gasteiger partial charge in [-0.05, 0) is 91.7 Å². The molecule has 3 nitrogen and oxygen atoms in total. The van der Waals surface area contributed by atoms with E-state index in [9.17, 15) is 0 Å². The summed E-state index contributed by atoms with van der Waals surface area (Å²) in [7, 11) is 0. The molecule has 0 saturated heterocycles. The summed E-state index contributed by atoms with van der Waals surface area (Å²) in [5, 5.41) is 4.78. The fourth-order valence-electron chi connectivity index (χ4n) is 8.84. The molecule has 0 N–H and O–H groups in total. The van der Waals surface area contributed by atoms with E-state index in [1.54, 1.807) is 0 Å². The van der Waals surface area contributed by atoms with Crippen molar-refractivity contribution in [3.8, 4) is 67.3 Å². The summed E-state index contributed by atoms with van der Waals surface area (Å²) < 4.78 is 6.26. The average molecular weight is 717 g/mol. The number of hydrogen-bond acceptors (Lipinski definition) is 3. The molecular weight excluding hydrogens is 681 g/mol. The van der Waals surface area contributed by atoms with Gasteiger partial charge in [-0.25, -0.2) is 9.97 Å². The fraction of sp³-hybridized carbons (Fsp3) is 0.0566. The Hall–Kier alpha value is -7.10. The predicted molar refractivity (Wildman–Crippen MR) is 232 cm³/mol. The third-order valence-electron chi connectivity index (χ3n) is 11.7. The van der Waals surface area contributed by atoms with E-state index in [2.05, 4.69) is 166 Å². The number of nitrogens with zero attached hydrogens (tertiary/aromatic N) is 2. The Labute approximate surface area is 325 Å². The highest BCUT2D eigenvalue weighted by Crippen LogP contribution is 2.53. The summed E-state index contributed by atoms with van der Waals surface area (Å²) in [6.07, 6.45) is 0. The van der Waals surface area contributed by atoms with Crippen LogP contribution in [0.3, 0.4) is 0 Å². The molecule has 0 fully saturated rings. The van der Waals surface area contributed by atoms with Crippen LogP contribution >= 0.6 is 0 Å². The second-order valence-electron chi connectivity index (χ2n) is 15.4. The fourth-order valence-corrected chi connectivity index (χ4v) is 8.84. The summed E-state index contributed by atoms with van der Waals surface area (Å²) in [4.78, 5) is 10.5. The molecule has 0 amide bonds. The van der Waals surface area contributed by atoms with Crippen LogP contribution < -0.4 is 0 Å². The van der Waals surface area contributed by atoms with Gasteiger partial charge in [-0.2, -0.15) is 0 Å². The van der Waals surface area contributed by atoms with Crippen LogP contribution in [-0.2, 0) is 5.41 Å². The number of para-hydroxylation sites is 1. The molecule has 264 valence electrons. The molecule has 0 radical (unpaired) electrons. The average Bonchev–Trinajstić information content (AvgIpc) is 3.74. The molecule has 2 aromatic heterocycles. The minimum atomic E-state index is -0.146. The lowest BCUT2D eigenvalue weighted by Gasteiger charge is -2.22. The van der Waals surface area contributed by atoms with Crippen molar-refractivity contribution in [2.75, 3.05) is 0 Å². The summed E-state index contributed by atoms with van der Waals surface area (Å²) in [6.45, 7) is 4.68. The van der Waals surface area contributed by atoms with Gasteiger partial charge in [0.05, 0.1) is 11.4 Å². The number of hydrogen-bond donors (Lipinski definition) is 0. The van der Waals surface area contributed by atoms with Crippen molar-refractivity contribution in [1.29, 1.82) is 0 Å². The van der Waals surface area contributed by atoms with Crippen molar-refractivity contribution in [3.05, 3.63) is 193 Å². The number of aromatic nitrogens is 2. The first-order valence-electron chi connectivity index (χ1n) is 19.2. The summed E-state index contributed by atoms with van der Waals surface area (Å²) in [5.74, 6) is 0.710. The highest BCUT2D eigenvalue weighted by molar-refractivity contribution is 6.06. The monoisotopic (exact) mass is 716 g/mol. The van der Waals surface area contributed by atoms with E-state index in [1.165, 1.54) is 33.0 Å². The zero-order chi connectivity index (χ0) is 37.4. The van der Waals surface area contributed by atoms with Crippen LogP contribution in [0.2, 0.25) is 0 Å². The van der Waals surface area contributed by atoms with E-state index in [1.807, 2.05) is 30.3 Å². The summed E-state index contributed by atoms with van der Waals surface area (Å²) in [6, 6.07) is 64.8. The number of benzene rings is 8. The molecule has 1 aliphatic rings. The highest BCUT2D eigenvalue weighted by Gasteiger charge is 2.37. The summed E-state index contributed by atoms with van der Waals surface area (Å²) in [5.41, 5.74) is 16.4. The maximum atomic E-state index is 6.26. The van der Waals surface area contributed by atoms with Crippen LogP contribution in [0.1, 0.15) is 25.0 Å². The van der Waals surface area contributed by atoms with Gasteiger partial charge in [0.2, 0.25) is 0 Å². The van der Waals surface area contributed by atoms with Gasteiger partial charge in [0.25, 0.3) is 0 Å². The van der Waals surface area contributed by atoms with Crippen LogP contribution in [0.4, 0.5) is 0 Å². The first kappa shape index (κ1) is 32.3. The van der Waals surface area contributed by atoms with E-state index in [0.717, 1.165) is 72.3 Å². The van der Waals surface area contributed by atoms with Crippen molar-refractivity contribution < 1.29 is 4.42 Å². The van der Waals surface area contributed by atoms with Crippen LogP contribution in [0, 0.1) is 0 Å². The normalized spacial score (nSPS) is 13.0. The van der Waals surface area contributed by atoms with Crippen LogP contribution in [0.15, 0.2) is 186 Å². The second-order valence-corrected chi connectivity index (χ2v) is 15.4. The number of furan rings is 1. The van der Waals surface area contributed by atoms with Gasteiger partial charge >= 0.3 is 0 Å². The molecule has 8 aromatic carbocycles. The minimum Gasteiger partial charge on any atom is -0.456 e. The van der Waals surface area contributed by atoms with E-state index in [-0.39, 0.29) is 5.41 Å².